The summed E-state index contributed by atoms with van der Waals surface area (Å²) in [6, 6.07) is 8.56. The van der Waals surface area contributed by atoms with Crippen LogP contribution in [0.15, 0.2) is 36.4 Å². The Morgan fingerprint density at radius 3 is 2.58 bits per heavy atom. The van der Waals surface area contributed by atoms with Gasteiger partial charge in [0.1, 0.15) is 17.3 Å². The number of halogens is 1. The van der Waals surface area contributed by atoms with Crippen molar-refractivity contribution >= 4 is 11.7 Å². The fourth-order valence-electron chi connectivity index (χ4n) is 1.54. The number of carbonyl (C=O) groups is 1. The number of nitrogens with two attached hydrogens (primary N) is 1. The summed E-state index contributed by atoms with van der Waals surface area (Å²) in [5, 5.41) is 8.81. The summed E-state index contributed by atoms with van der Waals surface area (Å²) in [7, 11) is 0. The van der Waals surface area contributed by atoms with Gasteiger partial charge in [-0.1, -0.05) is 6.07 Å². The molecule has 0 aliphatic carbocycles. The summed E-state index contributed by atoms with van der Waals surface area (Å²) in [4.78, 5) is 10.8. The predicted octanol–water partition coefficient (Wildman–Crippen LogP) is 3.21. The Kier molecular flexibility index (Phi) is 3.37. The minimum absolute atomic E-state index is 0.0694. The average molecular weight is 261 g/mol. The lowest BCUT2D eigenvalue weighted by molar-refractivity contribution is 0.0697. The molecule has 0 atom stereocenters. The van der Waals surface area contributed by atoms with Crippen molar-refractivity contribution in [2.24, 2.45) is 0 Å². The maximum absolute atomic E-state index is 13.4. The molecule has 0 unspecified atom stereocenters. The molecule has 5 heteroatoms. The third kappa shape index (κ3) is 2.82. The van der Waals surface area contributed by atoms with Gasteiger partial charge in [-0.25, -0.2) is 9.18 Å². The van der Waals surface area contributed by atoms with Gasteiger partial charge in [-0.05, 0) is 36.8 Å². The molecule has 0 bridgehead atoms. The van der Waals surface area contributed by atoms with Crippen molar-refractivity contribution < 1.29 is 19.0 Å². The van der Waals surface area contributed by atoms with Crippen molar-refractivity contribution in [2.75, 3.05) is 5.73 Å². The molecule has 0 radical (unpaired) electrons. The van der Waals surface area contributed by atoms with Crippen molar-refractivity contribution in [2.45, 2.75) is 6.92 Å². The molecule has 0 amide bonds. The van der Waals surface area contributed by atoms with Gasteiger partial charge in [-0.2, -0.15) is 0 Å². The molecule has 0 spiro atoms. The first-order valence-corrected chi connectivity index (χ1v) is 5.54. The van der Waals surface area contributed by atoms with Gasteiger partial charge < -0.3 is 15.6 Å². The highest BCUT2D eigenvalue weighted by molar-refractivity contribution is 5.89. The Morgan fingerprint density at radius 1 is 1.26 bits per heavy atom. The van der Waals surface area contributed by atoms with Gasteiger partial charge in [0, 0.05) is 6.07 Å². The molecular weight excluding hydrogens is 249 g/mol. The monoisotopic (exact) mass is 261 g/mol. The fraction of sp³-hybridized carbons (Fsp3) is 0.0714. The van der Waals surface area contributed by atoms with Crippen LogP contribution in [0, 0.1) is 12.7 Å². The first-order valence-electron chi connectivity index (χ1n) is 5.54. The van der Waals surface area contributed by atoms with Crippen LogP contribution in [-0.2, 0) is 0 Å². The highest BCUT2D eigenvalue weighted by Gasteiger charge is 2.08. The van der Waals surface area contributed by atoms with E-state index in [1.165, 1.54) is 24.3 Å². The Hall–Kier alpha value is -2.56. The molecule has 2 rings (SSSR count). The van der Waals surface area contributed by atoms with Crippen molar-refractivity contribution in [3.05, 3.63) is 53.3 Å². The van der Waals surface area contributed by atoms with Crippen LogP contribution in [0.4, 0.5) is 10.1 Å². The van der Waals surface area contributed by atoms with Gasteiger partial charge in [0.15, 0.2) is 0 Å². The molecule has 2 aromatic rings. The number of ether oxygens (including phenoxy) is 1. The number of benzene rings is 2. The molecule has 3 N–H and O–H groups in total. The van der Waals surface area contributed by atoms with E-state index in [9.17, 15) is 9.18 Å². The smallest absolute Gasteiger partial charge is 0.335 e. The van der Waals surface area contributed by atoms with Crippen molar-refractivity contribution in [3.63, 3.8) is 0 Å². The number of hydrogen-bond donors (Lipinski definition) is 2. The molecule has 0 aliphatic rings. The van der Waals surface area contributed by atoms with E-state index in [-0.39, 0.29) is 22.8 Å². The summed E-state index contributed by atoms with van der Waals surface area (Å²) < 4.78 is 18.8. The van der Waals surface area contributed by atoms with Crippen LogP contribution in [-0.4, -0.2) is 11.1 Å². The normalized spacial score (nSPS) is 10.2. The van der Waals surface area contributed by atoms with Gasteiger partial charge in [0.05, 0.1) is 11.3 Å². The lowest BCUT2D eigenvalue weighted by Crippen LogP contribution is -1.99. The highest BCUT2D eigenvalue weighted by Crippen LogP contribution is 2.29. The number of hydrogen-bond acceptors (Lipinski definition) is 3. The zero-order valence-electron chi connectivity index (χ0n) is 10.2. The summed E-state index contributed by atoms with van der Waals surface area (Å²) >= 11 is 0. The number of carboxylic acid groups (broad SMARTS) is 1. The SMILES string of the molecule is Cc1ccc(Oc2ccc(C(=O)O)cc2N)cc1F. The molecule has 0 aromatic heterocycles. The first kappa shape index (κ1) is 12.9. The van der Waals surface area contributed by atoms with Crippen LogP contribution in [0.2, 0.25) is 0 Å². The molecule has 0 saturated heterocycles. The summed E-state index contributed by atoms with van der Waals surface area (Å²) in [5.74, 6) is -0.857. The highest BCUT2D eigenvalue weighted by atomic mass is 19.1. The maximum Gasteiger partial charge on any atom is 0.335 e. The first-order chi connectivity index (χ1) is 8.97. The molecule has 0 aliphatic heterocycles. The fourth-order valence-corrected chi connectivity index (χ4v) is 1.54. The Morgan fingerprint density at radius 2 is 2.00 bits per heavy atom. The van der Waals surface area contributed by atoms with Crippen LogP contribution in [0.5, 0.6) is 11.5 Å². The summed E-state index contributed by atoms with van der Waals surface area (Å²) in [6.45, 7) is 1.65. The lowest BCUT2D eigenvalue weighted by Gasteiger charge is -2.09. The third-order valence-electron chi connectivity index (χ3n) is 2.63. The quantitative estimate of drug-likeness (QED) is 0.832. The van der Waals surface area contributed by atoms with Crippen LogP contribution in [0.25, 0.3) is 0 Å². The van der Waals surface area contributed by atoms with Gasteiger partial charge in [0.25, 0.3) is 0 Å². The second-order valence-electron chi connectivity index (χ2n) is 4.07. The molecule has 4 nitrogen and oxygen atoms in total. The van der Waals surface area contributed by atoms with E-state index in [1.54, 1.807) is 19.1 Å². The van der Waals surface area contributed by atoms with Crippen molar-refractivity contribution in [1.29, 1.82) is 0 Å². The number of nitrogen functional groups attached to an aromatic ring is 1. The molecule has 0 heterocycles. The minimum Gasteiger partial charge on any atom is -0.478 e. The van der Waals surface area contributed by atoms with Crippen LogP contribution in [0.3, 0.4) is 0 Å². The number of aromatic carboxylic acids is 1. The number of aryl methyl sites for hydroxylation is 1. The Bertz CT molecular complexity index is 641. The summed E-state index contributed by atoms with van der Waals surface area (Å²) in [6.07, 6.45) is 0. The number of rotatable bonds is 3. The Balaban J connectivity index is 2.28. The number of carboxylic acids is 1. The standard InChI is InChI=1S/C14H12FNO3/c1-8-2-4-10(7-11(8)15)19-13-5-3-9(14(17)18)6-12(13)16/h2-7H,16H2,1H3,(H,17,18). The van der Waals surface area contributed by atoms with E-state index >= 15 is 0 Å². The minimum atomic E-state index is -1.07. The molecule has 0 fully saturated rings. The van der Waals surface area contributed by atoms with Crippen LogP contribution < -0.4 is 10.5 Å². The van der Waals surface area contributed by atoms with Crippen LogP contribution in [0.1, 0.15) is 15.9 Å². The van der Waals surface area contributed by atoms with Crippen molar-refractivity contribution in [1.82, 2.24) is 0 Å². The van der Waals surface area contributed by atoms with E-state index < -0.39 is 5.97 Å². The molecular formula is C14H12FNO3. The topological polar surface area (TPSA) is 72.5 Å². The summed E-state index contributed by atoms with van der Waals surface area (Å²) in [5.41, 5.74) is 6.46. The van der Waals surface area contributed by atoms with Gasteiger partial charge in [-0.15, -0.1) is 0 Å². The van der Waals surface area contributed by atoms with E-state index in [0.29, 0.717) is 11.3 Å². The third-order valence-corrected chi connectivity index (χ3v) is 2.63. The maximum atomic E-state index is 13.4. The van der Waals surface area contributed by atoms with Crippen LogP contribution >= 0.6 is 0 Å². The lowest BCUT2D eigenvalue weighted by atomic mass is 10.2. The van der Waals surface area contributed by atoms with E-state index in [0.717, 1.165) is 0 Å². The average Bonchev–Trinajstić information content (AvgIpc) is 2.36. The second-order valence-corrected chi connectivity index (χ2v) is 4.07. The predicted molar refractivity (Wildman–Crippen MR) is 69.0 cm³/mol. The van der Waals surface area contributed by atoms with Gasteiger partial charge >= 0.3 is 5.97 Å². The Labute approximate surface area is 109 Å². The molecule has 2 aromatic carbocycles. The second kappa shape index (κ2) is 4.97. The molecule has 98 valence electrons. The molecule has 19 heavy (non-hydrogen) atoms. The van der Waals surface area contributed by atoms with E-state index in [2.05, 4.69) is 0 Å². The van der Waals surface area contributed by atoms with Gasteiger partial charge in [0.2, 0.25) is 0 Å². The number of anilines is 1. The van der Waals surface area contributed by atoms with Crippen molar-refractivity contribution in [3.8, 4) is 11.5 Å². The van der Waals surface area contributed by atoms with E-state index in [1.807, 2.05) is 0 Å². The van der Waals surface area contributed by atoms with E-state index in [4.69, 9.17) is 15.6 Å². The largest absolute Gasteiger partial charge is 0.478 e. The van der Waals surface area contributed by atoms with Gasteiger partial charge in [-0.3, -0.25) is 0 Å². The zero-order valence-corrected chi connectivity index (χ0v) is 10.2. The molecule has 0 saturated carbocycles. The zero-order chi connectivity index (χ0) is 14.0.